The highest BCUT2D eigenvalue weighted by Gasteiger charge is 2.38. The minimum atomic E-state index is -5.05. The number of aliphatic carboxylic acids is 1. The highest BCUT2D eigenvalue weighted by Crippen LogP contribution is 2.42. The van der Waals surface area contributed by atoms with Gasteiger partial charge in [0, 0.05) is 48.6 Å². The Bertz CT molecular complexity index is 2230. The molecule has 2 atom stereocenters. The van der Waals surface area contributed by atoms with E-state index in [4.69, 9.17) is 4.74 Å². The van der Waals surface area contributed by atoms with Crippen molar-refractivity contribution < 1.29 is 58.9 Å². The summed E-state index contributed by atoms with van der Waals surface area (Å²) in [5, 5.41) is 12.2. The summed E-state index contributed by atoms with van der Waals surface area (Å²) in [6.45, 7) is 1.99. The lowest BCUT2D eigenvalue weighted by molar-refractivity contribution is -0.139. The molecule has 55 heavy (non-hydrogen) atoms. The molecule has 2 aliphatic heterocycles. The minimum absolute atomic E-state index is 0.0319. The fourth-order valence-corrected chi connectivity index (χ4v) is 6.96. The number of aromatic nitrogens is 1. The van der Waals surface area contributed by atoms with Crippen molar-refractivity contribution in [1.29, 1.82) is 0 Å². The zero-order valence-corrected chi connectivity index (χ0v) is 29.0. The summed E-state index contributed by atoms with van der Waals surface area (Å²) in [6, 6.07) is 3.38. The van der Waals surface area contributed by atoms with E-state index in [1.807, 2.05) is 0 Å². The van der Waals surface area contributed by atoms with Crippen molar-refractivity contribution in [3.05, 3.63) is 121 Å². The SMILES string of the molecule is Cc1cc2cc(c1F)C(CC(=O)O)NC(=O)C(n1cc(CCN3CC(F)C3)c(C(F)(F)F)cc1=O)c1cc(ccc1F)COc1cc(C(F)(F)F)cc(C)c1-2. The molecule has 2 aliphatic rings. The van der Waals surface area contributed by atoms with Crippen molar-refractivity contribution in [3.8, 4) is 16.9 Å². The Morgan fingerprint density at radius 1 is 0.927 bits per heavy atom. The zero-order chi connectivity index (χ0) is 40.1. The number of nitrogens with zero attached hydrogens (tertiary/aromatic N) is 2. The number of hydrogen-bond acceptors (Lipinski definition) is 5. The molecule has 17 heteroatoms. The van der Waals surface area contributed by atoms with Gasteiger partial charge in [0.2, 0.25) is 5.91 Å². The number of amides is 1. The molecule has 0 radical (unpaired) electrons. The summed E-state index contributed by atoms with van der Waals surface area (Å²) in [7, 11) is 0. The molecule has 0 spiro atoms. The maximum absolute atomic E-state index is 16.0. The van der Waals surface area contributed by atoms with E-state index in [-0.39, 0.29) is 65.7 Å². The van der Waals surface area contributed by atoms with Gasteiger partial charge in [-0.05, 0) is 84.5 Å². The van der Waals surface area contributed by atoms with Crippen molar-refractivity contribution in [2.45, 2.75) is 63.9 Å². The van der Waals surface area contributed by atoms with Crippen LogP contribution in [0.1, 0.15) is 63.0 Å². The minimum Gasteiger partial charge on any atom is -0.488 e. The first-order valence-corrected chi connectivity index (χ1v) is 16.9. The summed E-state index contributed by atoms with van der Waals surface area (Å²) in [5.41, 5.74) is -5.21. The van der Waals surface area contributed by atoms with E-state index in [0.717, 1.165) is 30.5 Å². The molecule has 1 aromatic heterocycles. The van der Waals surface area contributed by atoms with Crippen LogP contribution in [0.5, 0.6) is 5.75 Å². The number of rotatable bonds is 6. The molecular formula is C38H32F9N3O5. The summed E-state index contributed by atoms with van der Waals surface area (Å²) in [6.07, 6.45) is -11.7. The first-order chi connectivity index (χ1) is 25.7. The highest BCUT2D eigenvalue weighted by atomic mass is 19.4. The monoisotopic (exact) mass is 781 g/mol. The van der Waals surface area contributed by atoms with Crippen LogP contribution in [-0.4, -0.2) is 52.3 Å². The van der Waals surface area contributed by atoms with E-state index in [1.54, 1.807) is 0 Å². The zero-order valence-electron chi connectivity index (χ0n) is 29.0. The van der Waals surface area contributed by atoms with Crippen molar-refractivity contribution in [2.75, 3.05) is 19.6 Å². The van der Waals surface area contributed by atoms with Crippen molar-refractivity contribution in [1.82, 2.24) is 14.8 Å². The maximum Gasteiger partial charge on any atom is 0.416 e. The molecule has 1 fully saturated rings. The largest absolute Gasteiger partial charge is 0.488 e. The van der Waals surface area contributed by atoms with Crippen LogP contribution >= 0.6 is 0 Å². The Morgan fingerprint density at radius 3 is 2.27 bits per heavy atom. The van der Waals surface area contributed by atoms with Crippen LogP contribution in [0.25, 0.3) is 11.1 Å². The molecule has 4 bridgehead atoms. The van der Waals surface area contributed by atoms with E-state index in [1.165, 1.54) is 30.9 Å². The molecule has 1 saturated heterocycles. The lowest BCUT2D eigenvalue weighted by Crippen LogP contribution is -2.49. The first kappa shape index (κ1) is 39.4. The van der Waals surface area contributed by atoms with E-state index in [9.17, 15) is 50.2 Å². The number of fused-ring (bicyclic) bond motifs is 6. The van der Waals surface area contributed by atoms with Gasteiger partial charge in [-0.2, -0.15) is 26.3 Å². The third-order valence-electron chi connectivity index (χ3n) is 9.62. The topological polar surface area (TPSA) is 101 Å². The predicted molar refractivity (Wildman–Crippen MR) is 179 cm³/mol. The standard InChI is InChI=1S/C38H32F9N3O5/c1-18-8-23(37(42,43)44)11-30-33(18)22-7-19(2)34(41)26(10-22)29(13-32(52)53)48-36(54)35(25-9-20(17-55-30)3-4-28(25)40)50-14-21(5-6-49-15-24(39)16-49)27(12-31(50)51)38(45,46)47/h3-4,7-12,14,24,29,35H,5-6,13,15-17H2,1-2H3,(H,48,54)(H,52,53). The quantitative estimate of drug-likeness (QED) is 0.197. The van der Waals surface area contributed by atoms with Gasteiger partial charge in [-0.25, -0.2) is 13.2 Å². The van der Waals surface area contributed by atoms with Crippen LogP contribution < -0.4 is 15.6 Å². The number of benzene rings is 3. The maximum atomic E-state index is 16.0. The predicted octanol–water partition coefficient (Wildman–Crippen LogP) is 7.46. The second-order valence-electron chi connectivity index (χ2n) is 13.6. The third-order valence-corrected chi connectivity index (χ3v) is 9.62. The number of carboxylic acids is 1. The second kappa shape index (κ2) is 14.7. The Hall–Kier alpha value is -5.32. The fraction of sp³-hybridized carbons (Fsp3) is 0.342. The normalized spacial score (nSPS) is 18.1. The van der Waals surface area contributed by atoms with Gasteiger partial charge in [0.25, 0.3) is 5.56 Å². The number of pyridine rings is 1. The number of hydrogen-bond donors (Lipinski definition) is 2. The molecule has 2 unspecified atom stereocenters. The molecule has 1 amide bonds. The van der Waals surface area contributed by atoms with Gasteiger partial charge < -0.3 is 15.2 Å². The molecule has 8 nitrogen and oxygen atoms in total. The Morgan fingerprint density at radius 2 is 1.64 bits per heavy atom. The molecule has 0 aliphatic carbocycles. The molecule has 0 saturated carbocycles. The van der Waals surface area contributed by atoms with Crippen LogP contribution in [0.3, 0.4) is 0 Å². The van der Waals surface area contributed by atoms with Crippen molar-refractivity contribution in [2.24, 2.45) is 0 Å². The second-order valence-corrected chi connectivity index (χ2v) is 13.6. The number of likely N-dealkylation sites (tertiary alicyclic amines) is 1. The van der Waals surface area contributed by atoms with E-state index >= 15 is 8.78 Å². The van der Waals surface area contributed by atoms with Gasteiger partial charge in [-0.15, -0.1) is 0 Å². The van der Waals surface area contributed by atoms with Crippen LogP contribution in [0.2, 0.25) is 0 Å². The van der Waals surface area contributed by atoms with Gasteiger partial charge in [0.15, 0.2) is 0 Å². The number of alkyl halides is 7. The fourth-order valence-electron chi connectivity index (χ4n) is 6.96. The number of ether oxygens (including phenoxy) is 1. The molecule has 3 heterocycles. The summed E-state index contributed by atoms with van der Waals surface area (Å²) in [4.78, 5) is 41.5. The van der Waals surface area contributed by atoms with Gasteiger partial charge in [-0.3, -0.25) is 23.9 Å². The number of carboxylic acid groups (broad SMARTS) is 1. The van der Waals surface area contributed by atoms with Gasteiger partial charge in [-0.1, -0.05) is 6.07 Å². The van der Waals surface area contributed by atoms with Crippen molar-refractivity contribution in [3.63, 3.8) is 0 Å². The molecule has 2 N–H and O–H groups in total. The van der Waals surface area contributed by atoms with Crippen LogP contribution in [0.4, 0.5) is 39.5 Å². The smallest absolute Gasteiger partial charge is 0.416 e. The summed E-state index contributed by atoms with van der Waals surface area (Å²) >= 11 is 0. The summed E-state index contributed by atoms with van der Waals surface area (Å²) in [5.74, 6) is -5.33. The molecule has 292 valence electrons. The average molecular weight is 782 g/mol. The summed E-state index contributed by atoms with van der Waals surface area (Å²) < 4.78 is 136. The molecule has 6 rings (SSSR count). The van der Waals surface area contributed by atoms with Gasteiger partial charge in [0.05, 0.1) is 23.6 Å². The van der Waals surface area contributed by atoms with E-state index in [0.29, 0.717) is 10.6 Å². The van der Waals surface area contributed by atoms with E-state index in [2.05, 4.69) is 5.32 Å². The average Bonchev–Trinajstić information content (AvgIpc) is 3.06. The molecule has 4 aromatic rings. The molecule has 3 aromatic carbocycles. The Balaban J connectivity index is 1.58. The van der Waals surface area contributed by atoms with Gasteiger partial charge >= 0.3 is 18.3 Å². The highest BCUT2D eigenvalue weighted by molar-refractivity contribution is 5.85. The van der Waals surface area contributed by atoms with Crippen LogP contribution in [0.15, 0.2) is 59.5 Å². The van der Waals surface area contributed by atoms with Gasteiger partial charge in [0.1, 0.15) is 36.2 Å². The van der Waals surface area contributed by atoms with Crippen molar-refractivity contribution >= 4 is 11.9 Å². The molecular weight excluding hydrogens is 749 g/mol. The number of nitrogens with one attached hydrogen (secondary N) is 1. The van der Waals surface area contributed by atoms with Crippen LogP contribution in [-0.2, 0) is 35.0 Å². The first-order valence-electron chi connectivity index (χ1n) is 16.9. The van der Waals surface area contributed by atoms with Crippen LogP contribution in [0, 0.1) is 25.5 Å². The van der Waals surface area contributed by atoms with E-state index < -0.39 is 101 Å². The number of halogens is 9. The number of carbonyl (C=O) groups is 2. The Labute approximate surface area is 307 Å². The lowest BCUT2D eigenvalue weighted by atomic mass is 9.91. The number of carbonyl (C=O) groups excluding carboxylic acids is 1. The number of aryl methyl sites for hydroxylation is 2. The Kier molecular flexibility index (Phi) is 10.5. The third kappa shape index (κ3) is 8.21. The lowest BCUT2D eigenvalue weighted by Gasteiger charge is -2.34.